The Morgan fingerprint density at radius 3 is 2.60 bits per heavy atom. The van der Waals surface area contributed by atoms with E-state index >= 15 is 0 Å². The predicted molar refractivity (Wildman–Crippen MR) is 43.0 cm³/mol. The van der Waals surface area contributed by atoms with Crippen molar-refractivity contribution in [1.82, 2.24) is 9.88 Å². The first kappa shape index (κ1) is 7.35. The van der Waals surface area contributed by atoms with E-state index in [4.69, 9.17) is 0 Å². The number of nitrogens with one attached hydrogen (secondary N) is 1. The van der Waals surface area contributed by atoms with Gasteiger partial charge >= 0.3 is 0 Å². The first-order chi connectivity index (χ1) is 4.93. The molecule has 0 saturated carbocycles. The molecule has 0 amide bonds. The summed E-state index contributed by atoms with van der Waals surface area (Å²) in [7, 11) is 0. The van der Waals surface area contributed by atoms with Gasteiger partial charge in [0.25, 0.3) is 0 Å². The van der Waals surface area contributed by atoms with Gasteiger partial charge in [0, 0.05) is 25.5 Å². The Morgan fingerprint density at radius 2 is 2.00 bits per heavy atom. The fourth-order valence-corrected chi connectivity index (χ4v) is 0.904. The molecule has 0 spiro atoms. The minimum Gasteiger partial charge on any atom is -0.353 e. The second-order valence-electron chi connectivity index (χ2n) is 2.27. The third-order valence-electron chi connectivity index (χ3n) is 1.46. The van der Waals surface area contributed by atoms with Gasteiger partial charge in [-0.1, -0.05) is 6.92 Å². The van der Waals surface area contributed by atoms with Gasteiger partial charge in [0.2, 0.25) is 0 Å². The molecule has 10 heavy (non-hydrogen) atoms. The van der Waals surface area contributed by atoms with Gasteiger partial charge in [-0.2, -0.15) is 0 Å². The molecule has 0 aromatic carbocycles. The Kier molecular flexibility index (Phi) is 3.03. The average Bonchev–Trinajstić information content (AvgIpc) is 2.41. The van der Waals surface area contributed by atoms with E-state index in [2.05, 4.69) is 29.2 Å². The highest BCUT2D eigenvalue weighted by atomic mass is 15.0. The van der Waals surface area contributed by atoms with Crippen LogP contribution in [-0.2, 0) is 6.54 Å². The SMILES string of the molecule is CCNCCn1cccc1. The molecule has 0 atom stereocenters. The summed E-state index contributed by atoms with van der Waals surface area (Å²) in [5, 5.41) is 3.27. The summed E-state index contributed by atoms with van der Waals surface area (Å²) in [5.74, 6) is 0. The zero-order valence-electron chi connectivity index (χ0n) is 6.38. The first-order valence-corrected chi connectivity index (χ1v) is 3.75. The van der Waals surface area contributed by atoms with Crippen molar-refractivity contribution in [3.8, 4) is 0 Å². The monoisotopic (exact) mass is 138 g/mol. The lowest BCUT2D eigenvalue weighted by molar-refractivity contribution is 0.615. The van der Waals surface area contributed by atoms with E-state index < -0.39 is 0 Å². The van der Waals surface area contributed by atoms with Crippen molar-refractivity contribution in [1.29, 1.82) is 0 Å². The van der Waals surface area contributed by atoms with Crippen LogP contribution in [0.25, 0.3) is 0 Å². The molecule has 2 heteroatoms. The fraction of sp³-hybridized carbons (Fsp3) is 0.500. The lowest BCUT2D eigenvalue weighted by atomic mass is 10.6. The Labute approximate surface area is 61.9 Å². The van der Waals surface area contributed by atoms with Crippen LogP contribution in [-0.4, -0.2) is 17.7 Å². The summed E-state index contributed by atoms with van der Waals surface area (Å²) in [6.07, 6.45) is 4.16. The summed E-state index contributed by atoms with van der Waals surface area (Å²) in [5.41, 5.74) is 0. The van der Waals surface area contributed by atoms with Gasteiger partial charge in [-0.3, -0.25) is 0 Å². The van der Waals surface area contributed by atoms with Gasteiger partial charge < -0.3 is 9.88 Å². The van der Waals surface area contributed by atoms with Gasteiger partial charge in [-0.05, 0) is 18.7 Å². The van der Waals surface area contributed by atoms with Gasteiger partial charge in [0.05, 0.1) is 0 Å². The van der Waals surface area contributed by atoms with E-state index in [-0.39, 0.29) is 0 Å². The van der Waals surface area contributed by atoms with E-state index in [9.17, 15) is 0 Å². The molecule has 1 N–H and O–H groups in total. The summed E-state index contributed by atoms with van der Waals surface area (Å²) < 4.78 is 2.17. The predicted octanol–water partition coefficient (Wildman–Crippen LogP) is 1.10. The summed E-state index contributed by atoms with van der Waals surface area (Å²) >= 11 is 0. The number of aromatic nitrogens is 1. The third-order valence-corrected chi connectivity index (χ3v) is 1.46. The minimum atomic E-state index is 1.06. The van der Waals surface area contributed by atoms with E-state index in [1.807, 2.05) is 12.1 Å². The molecule has 1 rings (SSSR count). The molecule has 0 bridgehead atoms. The lowest BCUT2D eigenvalue weighted by Gasteiger charge is -2.01. The van der Waals surface area contributed by atoms with Crippen molar-refractivity contribution >= 4 is 0 Å². The maximum Gasteiger partial charge on any atom is 0.0344 e. The van der Waals surface area contributed by atoms with Crippen LogP contribution in [0.4, 0.5) is 0 Å². The zero-order chi connectivity index (χ0) is 7.23. The molecule has 0 radical (unpaired) electrons. The number of rotatable bonds is 4. The Hall–Kier alpha value is -0.760. The molecule has 0 saturated heterocycles. The van der Waals surface area contributed by atoms with Crippen LogP contribution in [0.3, 0.4) is 0 Å². The van der Waals surface area contributed by atoms with Crippen molar-refractivity contribution in [3.05, 3.63) is 24.5 Å². The zero-order valence-corrected chi connectivity index (χ0v) is 6.38. The summed E-state index contributed by atoms with van der Waals surface area (Å²) in [6.45, 7) is 5.31. The second kappa shape index (κ2) is 4.12. The molecule has 1 aromatic rings. The molecular weight excluding hydrogens is 124 g/mol. The quantitative estimate of drug-likeness (QED) is 0.616. The minimum absolute atomic E-state index is 1.06. The highest BCUT2D eigenvalue weighted by molar-refractivity contribution is 4.90. The maximum absolute atomic E-state index is 3.27. The standard InChI is InChI=1S/C8H14N2/c1-2-9-5-8-10-6-3-4-7-10/h3-4,6-7,9H,2,5,8H2,1H3. The fourth-order valence-electron chi connectivity index (χ4n) is 0.904. The Bertz CT molecular complexity index is 156. The maximum atomic E-state index is 3.27. The van der Waals surface area contributed by atoms with Crippen LogP contribution in [0.1, 0.15) is 6.92 Å². The van der Waals surface area contributed by atoms with Gasteiger partial charge in [-0.25, -0.2) is 0 Å². The third kappa shape index (κ3) is 2.23. The molecule has 0 unspecified atom stereocenters. The van der Waals surface area contributed by atoms with Crippen LogP contribution in [0.15, 0.2) is 24.5 Å². The molecule has 1 aromatic heterocycles. The van der Waals surface area contributed by atoms with E-state index in [1.54, 1.807) is 0 Å². The van der Waals surface area contributed by atoms with Gasteiger partial charge in [-0.15, -0.1) is 0 Å². The number of hydrogen-bond donors (Lipinski definition) is 1. The highest BCUT2D eigenvalue weighted by Gasteiger charge is 1.85. The van der Waals surface area contributed by atoms with Crippen molar-refractivity contribution < 1.29 is 0 Å². The largest absolute Gasteiger partial charge is 0.353 e. The second-order valence-corrected chi connectivity index (χ2v) is 2.27. The smallest absolute Gasteiger partial charge is 0.0344 e. The van der Waals surface area contributed by atoms with E-state index in [0.29, 0.717) is 0 Å². The van der Waals surface area contributed by atoms with Gasteiger partial charge in [0.1, 0.15) is 0 Å². The van der Waals surface area contributed by atoms with Crippen molar-refractivity contribution in [2.45, 2.75) is 13.5 Å². The molecule has 56 valence electrons. The van der Waals surface area contributed by atoms with Crippen molar-refractivity contribution in [2.24, 2.45) is 0 Å². The number of nitrogens with zero attached hydrogens (tertiary/aromatic N) is 1. The van der Waals surface area contributed by atoms with Crippen LogP contribution >= 0.6 is 0 Å². The Morgan fingerprint density at radius 1 is 1.30 bits per heavy atom. The summed E-state index contributed by atoms with van der Waals surface area (Å²) in [6, 6.07) is 4.10. The molecule has 2 nitrogen and oxygen atoms in total. The van der Waals surface area contributed by atoms with Crippen LogP contribution in [0.2, 0.25) is 0 Å². The molecule has 0 fully saturated rings. The first-order valence-electron chi connectivity index (χ1n) is 3.75. The highest BCUT2D eigenvalue weighted by Crippen LogP contribution is 1.87. The number of likely N-dealkylation sites (N-methyl/N-ethyl adjacent to an activating group) is 1. The van der Waals surface area contributed by atoms with Crippen LogP contribution in [0.5, 0.6) is 0 Å². The molecule has 1 heterocycles. The molecule has 0 aliphatic heterocycles. The van der Waals surface area contributed by atoms with Crippen LogP contribution < -0.4 is 5.32 Å². The Balaban J connectivity index is 2.15. The lowest BCUT2D eigenvalue weighted by Crippen LogP contribution is -2.18. The van der Waals surface area contributed by atoms with Crippen LogP contribution in [0, 0.1) is 0 Å². The van der Waals surface area contributed by atoms with Crippen molar-refractivity contribution in [2.75, 3.05) is 13.1 Å². The van der Waals surface area contributed by atoms with Gasteiger partial charge in [0.15, 0.2) is 0 Å². The normalized spacial score (nSPS) is 10.1. The summed E-state index contributed by atoms with van der Waals surface area (Å²) in [4.78, 5) is 0. The molecule has 0 aliphatic carbocycles. The topological polar surface area (TPSA) is 17.0 Å². The molecule has 0 aliphatic rings. The number of hydrogen-bond acceptors (Lipinski definition) is 1. The van der Waals surface area contributed by atoms with E-state index in [0.717, 1.165) is 19.6 Å². The van der Waals surface area contributed by atoms with Crippen molar-refractivity contribution in [3.63, 3.8) is 0 Å². The van der Waals surface area contributed by atoms with E-state index in [1.165, 1.54) is 0 Å². The average molecular weight is 138 g/mol. The molecular formula is C8H14N2.